The van der Waals surface area contributed by atoms with Crippen molar-refractivity contribution in [2.75, 3.05) is 17.7 Å². The van der Waals surface area contributed by atoms with E-state index in [1.54, 1.807) is 7.11 Å². The van der Waals surface area contributed by atoms with E-state index in [-0.39, 0.29) is 0 Å². The van der Waals surface area contributed by atoms with E-state index in [2.05, 4.69) is 29.2 Å². The van der Waals surface area contributed by atoms with Crippen LogP contribution in [0.3, 0.4) is 0 Å². The smallest absolute Gasteiger partial charge is 0.118 e. The van der Waals surface area contributed by atoms with E-state index < -0.39 is 0 Å². The van der Waals surface area contributed by atoms with Crippen molar-refractivity contribution in [1.82, 2.24) is 0 Å². The van der Waals surface area contributed by atoms with E-state index in [1.807, 2.05) is 54.6 Å². The van der Waals surface area contributed by atoms with Crippen LogP contribution in [0.15, 0.2) is 78.9 Å². The number of nitrogens with zero attached hydrogens (tertiary/aromatic N) is 1. The van der Waals surface area contributed by atoms with Gasteiger partial charge in [0.15, 0.2) is 0 Å². The fraction of sp³-hybridized carbons (Fsp3) is 0.100. The van der Waals surface area contributed by atoms with Crippen molar-refractivity contribution in [3.63, 3.8) is 0 Å². The summed E-state index contributed by atoms with van der Waals surface area (Å²) in [5, 5.41) is 0. The summed E-state index contributed by atoms with van der Waals surface area (Å²) in [6.45, 7) is 0.738. The third-order valence-corrected chi connectivity index (χ3v) is 3.80. The van der Waals surface area contributed by atoms with Crippen molar-refractivity contribution >= 4 is 17.1 Å². The SMILES string of the molecule is COc1ccc(CN(c2ccccc2)c2ccccc2N)cc1. The maximum atomic E-state index is 6.20. The van der Waals surface area contributed by atoms with E-state index in [0.29, 0.717) is 0 Å². The first-order valence-corrected chi connectivity index (χ1v) is 7.58. The molecule has 0 unspecified atom stereocenters. The summed E-state index contributed by atoms with van der Waals surface area (Å²) in [5.74, 6) is 0.860. The number of rotatable bonds is 5. The zero-order valence-electron chi connectivity index (χ0n) is 13.1. The molecular formula is C20H20N2O. The molecule has 0 bridgehead atoms. The molecule has 0 saturated heterocycles. The predicted octanol–water partition coefficient (Wildman–Crippen LogP) is 4.62. The van der Waals surface area contributed by atoms with Crippen molar-refractivity contribution in [2.24, 2.45) is 0 Å². The monoisotopic (exact) mass is 304 g/mol. The second-order valence-corrected chi connectivity index (χ2v) is 5.33. The average molecular weight is 304 g/mol. The van der Waals surface area contributed by atoms with E-state index in [4.69, 9.17) is 10.5 Å². The molecule has 3 heteroatoms. The summed E-state index contributed by atoms with van der Waals surface area (Å²) in [6.07, 6.45) is 0. The third kappa shape index (κ3) is 3.46. The highest BCUT2D eigenvalue weighted by Gasteiger charge is 2.12. The molecule has 0 aliphatic rings. The van der Waals surface area contributed by atoms with Gasteiger partial charge < -0.3 is 15.4 Å². The van der Waals surface area contributed by atoms with Gasteiger partial charge in [0.05, 0.1) is 18.5 Å². The molecule has 116 valence electrons. The van der Waals surface area contributed by atoms with Crippen LogP contribution in [-0.2, 0) is 6.54 Å². The van der Waals surface area contributed by atoms with Gasteiger partial charge in [-0.3, -0.25) is 0 Å². The van der Waals surface area contributed by atoms with Crippen LogP contribution in [0.1, 0.15) is 5.56 Å². The van der Waals surface area contributed by atoms with E-state index in [1.165, 1.54) is 5.56 Å². The number of para-hydroxylation sites is 3. The quantitative estimate of drug-likeness (QED) is 0.699. The predicted molar refractivity (Wildman–Crippen MR) is 96.1 cm³/mol. The lowest BCUT2D eigenvalue weighted by atomic mass is 10.1. The third-order valence-electron chi connectivity index (χ3n) is 3.80. The first kappa shape index (κ1) is 15.0. The molecule has 3 aromatic carbocycles. The number of nitrogens with two attached hydrogens (primary N) is 1. The second kappa shape index (κ2) is 6.88. The summed E-state index contributed by atoms with van der Waals surface area (Å²) in [5.41, 5.74) is 10.3. The van der Waals surface area contributed by atoms with Crippen LogP contribution in [0.4, 0.5) is 17.1 Å². The Hall–Kier alpha value is -2.94. The molecule has 3 nitrogen and oxygen atoms in total. The van der Waals surface area contributed by atoms with Crippen LogP contribution in [0, 0.1) is 0 Å². The number of hydrogen-bond donors (Lipinski definition) is 1. The molecule has 0 atom stereocenters. The molecule has 23 heavy (non-hydrogen) atoms. The molecule has 0 spiro atoms. The highest BCUT2D eigenvalue weighted by molar-refractivity contribution is 5.74. The van der Waals surface area contributed by atoms with Gasteiger partial charge in [0.1, 0.15) is 5.75 Å². The molecular weight excluding hydrogens is 284 g/mol. The van der Waals surface area contributed by atoms with Gasteiger partial charge in [-0.25, -0.2) is 0 Å². The Morgan fingerprint density at radius 1 is 0.826 bits per heavy atom. The van der Waals surface area contributed by atoms with E-state index >= 15 is 0 Å². The largest absolute Gasteiger partial charge is 0.497 e. The number of nitrogen functional groups attached to an aromatic ring is 1. The first-order valence-electron chi connectivity index (χ1n) is 7.58. The average Bonchev–Trinajstić information content (AvgIpc) is 2.62. The summed E-state index contributed by atoms with van der Waals surface area (Å²) >= 11 is 0. The minimum absolute atomic E-state index is 0.738. The lowest BCUT2D eigenvalue weighted by Crippen LogP contribution is -2.17. The Morgan fingerprint density at radius 2 is 1.48 bits per heavy atom. The molecule has 0 radical (unpaired) electrons. The zero-order valence-corrected chi connectivity index (χ0v) is 13.1. The molecule has 0 aliphatic carbocycles. The normalized spacial score (nSPS) is 10.3. The molecule has 0 amide bonds. The zero-order chi connectivity index (χ0) is 16.1. The number of hydrogen-bond acceptors (Lipinski definition) is 3. The van der Waals surface area contributed by atoms with Crippen molar-refractivity contribution in [3.05, 3.63) is 84.4 Å². The van der Waals surface area contributed by atoms with E-state index in [0.717, 1.165) is 29.4 Å². The highest BCUT2D eigenvalue weighted by atomic mass is 16.5. The van der Waals surface area contributed by atoms with Crippen LogP contribution in [0.5, 0.6) is 5.75 Å². The second-order valence-electron chi connectivity index (χ2n) is 5.33. The van der Waals surface area contributed by atoms with Crippen molar-refractivity contribution < 1.29 is 4.74 Å². The number of anilines is 3. The van der Waals surface area contributed by atoms with Gasteiger partial charge in [-0.1, -0.05) is 42.5 Å². The van der Waals surface area contributed by atoms with Crippen LogP contribution in [-0.4, -0.2) is 7.11 Å². The van der Waals surface area contributed by atoms with Crippen LogP contribution < -0.4 is 15.4 Å². The highest BCUT2D eigenvalue weighted by Crippen LogP contribution is 2.31. The van der Waals surface area contributed by atoms with Gasteiger partial charge in [0, 0.05) is 12.2 Å². The minimum atomic E-state index is 0.738. The molecule has 0 aromatic heterocycles. The van der Waals surface area contributed by atoms with Gasteiger partial charge in [-0.2, -0.15) is 0 Å². The Kier molecular flexibility index (Phi) is 4.48. The van der Waals surface area contributed by atoms with Crippen LogP contribution in [0.25, 0.3) is 0 Å². The fourth-order valence-corrected chi connectivity index (χ4v) is 2.57. The first-order chi connectivity index (χ1) is 11.3. The van der Waals surface area contributed by atoms with Crippen molar-refractivity contribution in [3.8, 4) is 5.75 Å². The molecule has 0 saturated carbocycles. The number of ether oxygens (including phenoxy) is 1. The number of methoxy groups -OCH3 is 1. The van der Waals surface area contributed by atoms with Crippen molar-refractivity contribution in [1.29, 1.82) is 0 Å². The van der Waals surface area contributed by atoms with Gasteiger partial charge >= 0.3 is 0 Å². The minimum Gasteiger partial charge on any atom is -0.497 e. The Balaban J connectivity index is 1.97. The summed E-state index contributed by atoms with van der Waals surface area (Å²) in [4.78, 5) is 2.22. The van der Waals surface area contributed by atoms with Crippen LogP contribution >= 0.6 is 0 Å². The Bertz CT molecular complexity index is 754. The molecule has 0 heterocycles. The molecule has 2 N–H and O–H groups in total. The molecule has 0 fully saturated rings. The summed E-state index contributed by atoms with van der Waals surface area (Å²) in [6, 6.07) is 26.3. The van der Waals surface area contributed by atoms with Crippen molar-refractivity contribution in [2.45, 2.75) is 6.54 Å². The van der Waals surface area contributed by atoms with Gasteiger partial charge in [0.25, 0.3) is 0 Å². The topological polar surface area (TPSA) is 38.5 Å². The van der Waals surface area contributed by atoms with Gasteiger partial charge in [-0.05, 0) is 42.0 Å². The van der Waals surface area contributed by atoms with Gasteiger partial charge in [-0.15, -0.1) is 0 Å². The molecule has 3 rings (SSSR count). The maximum Gasteiger partial charge on any atom is 0.118 e. The standard InChI is InChI=1S/C20H20N2O/c1-23-18-13-11-16(12-14-18)15-22(17-7-3-2-4-8-17)20-10-6-5-9-19(20)21/h2-14H,15,21H2,1H3. The summed E-state index contributed by atoms with van der Waals surface area (Å²) < 4.78 is 5.23. The number of benzene rings is 3. The van der Waals surface area contributed by atoms with E-state index in [9.17, 15) is 0 Å². The van der Waals surface area contributed by atoms with Gasteiger partial charge in [0.2, 0.25) is 0 Å². The maximum absolute atomic E-state index is 6.20. The summed E-state index contributed by atoms with van der Waals surface area (Å²) in [7, 11) is 1.68. The fourth-order valence-electron chi connectivity index (χ4n) is 2.57. The lowest BCUT2D eigenvalue weighted by Gasteiger charge is -2.26. The molecule has 0 aliphatic heterocycles. The Labute approximate surface area is 136 Å². The lowest BCUT2D eigenvalue weighted by molar-refractivity contribution is 0.414. The Morgan fingerprint density at radius 3 is 2.13 bits per heavy atom. The van der Waals surface area contributed by atoms with Crippen LogP contribution in [0.2, 0.25) is 0 Å². The molecule has 3 aromatic rings.